The van der Waals surface area contributed by atoms with E-state index in [2.05, 4.69) is 4.72 Å². The van der Waals surface area contributed by atoms with E-state index in [1.165, 1.54) is 12.1 Å². The molecule has 0 aliphatic carbocycles. The van der Waals surface area contributed by atoms with Gasteiger partial charge in [-0.25, -0.2) is 17.5 Å². The average Bonchev–Trinajstić information content (AvgIpc) is 2.25. The molecule has 0 saturated carbocycles. The summed E-state index contributed by atoms with van der Waals surface area (Å²) in [6, 6.07) is 2.39. The van der Waals surface area contributed by atoms with Crippen LogP contribution in [0.25, 0.3) is 0 Å². The number of aliphatic hydroxyl groups excluding tert-OH is 1. The first kappa shape index (κ1) is 16.1. The summed E-state index contributed by atoms with van der Waals surface area (Å²) in [5.74, 6) is -0.454. The number of hydrogen-bond acceptors (Lipinski definition) is 3. The summed E-state index contributed by atoms with van der Waals surface area (Å²) < 4.78 is 40.1. The number of rotatable bonds is 5. The number of halogens is 1. The van der Waals surface area contributed by atoms with Crippen molar-refractivity contribution in [3.8, 4) is 0 Å². The van der Waals surface area contributed by atoms with Gasteiger partial charge < -0.3 is 5.11 Å². The highest BCUT2D eigenvalue weighted by molar-refractivity contribution is 7.89. The van der Waals surface area contributed by atoms with Crippen LogP contribution >= 0.6 is 0 Å². The second-order valence-corrected chi connectivity index (χ2v) is 7.22. The third-order valence-corrected chi connectivity index (χ3v) is 4.57. The lowest BCUT2D eigenvalue weighted by atomic mass is 9.96. The molecule has 108 valence electrons. The molecular weight excluding hydrogens is 269 g/mol. The topological polar surface area (TPSA) is 66.4 Å². The highest BCUT2D eigenvalue weighted by Crippen LogP contribution is 2.22. The molecular formula is C13H20FNO3S. The number of nitrogens with one attached hydrogen (secondary N) is 1. The highest BCUT2D eigenvalue weighted by Gasteiger charge is 2.24. The third-order valence-electron chi connectivity index (χ3n) is 2.86. The van der Waals surface area contributed by atoms with Crippen molar-refractivity contribution in [2.24, 2.45) is 5.41 Å². The largest absolute Gasteiger partial charge is 0.396 e. The van der Waals surface area contributed by atoms with Gasteiger partial charge >= 0.3 is 0 Å². The van der Waals surface area contributed by atoms with Crippen molar-refractivity contribution in [2.45, 2.75) is 32.6 Å². The molecule has 0 aliphatic heterocycles. The second-order valence-electron chi connectivity index (χ2n) is 5.52. The van der Waals surface area contributed by atoms with Crippen LogP contribution in [0, 0.1) is 25.1 Å². The number of benzene rings is 1. The van der Waals surface area contributed by atoms with Crippen molar-refractivity contribution in [2.75, 3.05) is 13.2 Å². The van der Waals surface area contributed by atoms with Crippen LogP contribution in [0.1, 0.15) is 25.0 Å². The minimum atomic E-state index is -3.71. The molecule has 1 aromatic carbocycles. The minimum Gasteiger partial charge on any atom is -0.396 e. The molecule has 1 rings (SSSR count). The predicted octanol–water partition coefficient (Wildman–Crippen LogP) is 1.74. The summed E-state index contributed by atoms with van der Waals surface area (Å²) in [5, 5.41) is 9.12. The summed E-state index contributed by atoms with van der Waals surface area (Å²) in [6.45, 7) is 6.60. The number of hydrogen-bond donors (Lipinski definition) is 2. The first-order chi connectivity index (χ1) is 8.59. The molecule has 6 heteroatoms. The van der Waals surface area contributed by atoms with Gasteiger partial charge in [0, 0.05) is 18.6 Å². The SMILES string of the molecule is Cc1cc(F)cc(C)c1S(=O)(=O)NCC(C)(C)CO. The fourth-order valence-corrected chi connectivity index (χ4v) is 3.43. The van der Waals surface area contributed by atoms with Gasteiger partial charge in [-0.05, 0) is 37.1 Å². The van der Waals surface area contributed by atoms with Crippen molar-refractivity contribution >= 4 is 10.0 Å². The molecule has 4 nitrogen and oxygen atoms in total. The Morgan fingerprint density at radius 1 is 1.26 bits per heavy atom. The van der Waals surface area contributed by atoms with Crippen LogP contribution in [0.4, 0.5) is 4.39 Å². The summed E-state index contributed by atoms with van der Waals surface area (Å²) in [6.07, 6.45) is 0. The number of aryl methyl sites for hydroxylation is 2. The van der Waals surface area contributed by atoms with Crippen molar-refractivity contribution in [3.63, 3.8) is 0 Å². The van der Waals surface area contributed by atoms with Gasteiger partial charge in [0.1, 0.15) is 5.82 Å². The smallest absolute Gasteiger partial charge is 0.241 e. The molecule has 0 unspecified atom stereocenters. The Morgan fingerprint density at radius 3 is 2.16 bits per heavy atom. The molecule has 0 aliphatic rings. The Bertz CT molecular complexity index is 544. The van der Waals surface area contributed by atoms with Crippen LogP contribution in [0.15, 0.2) is 17.0 Å². The van der Waals surface area contributed by atoms with Crippen LogP contribution in [0.2, 0.25) is 0 Å². The first-order valence-corrected chi connectivity index (χ1v) is 7.45. The molecule has 0 heterocycles. The Balaban J connectivity index is 3.09. The van der Waals surface area contributed by atoms with E-state index < -0.39 is 21.3 Å². The van der Waals surface area contributed by atoms with Gasteiger partial charge in [-0.3, -0.25) is 0 Å². The van der Waals surface area contributed by atoms with Gasteiger partial charge in [-0.15, -0.1) is 0 Å². The molecule has 0 bridgehead atoms. The molecule has 2 N–H and O–H groups in total. The van der Waals surface area contributed by atoms with E-state index >= 15 is 0 Å². The van der Waals surface area contributed by atoms with E-state index in [4.69, 9.17) is 5.11 Å². The molecule has 0 amide bonds. The molecule has 19 heavy (non-hydrogen) atoms. The van der Waals surface area contributed by atoms with E-state index in [1.54, 1.807) is 27.7 Å². The Labute approximate surface area is 113 Å². The lowest BCUT2D eigenvalue weighted by molar-refractivity contribution is 0.163. The van der Waals surface area contributed by atoms with Crippen molar-refractivity contribution < 1.29 is 17.9 Å². The van der Waals surface area contributed by atoms with Crippen LogP contribution in [0.5, 0.6) is 0 Å². The maximum atomic E-state index is 13.2. The van der Waals surface area contributed by atoms with Gasteiger partial charge in [-0.2, -0.15) is 0 Å². The van der Waals surface area contributed by atoms with E-state index in [0.29, 0.717) is 11.1 Å². The van der Waals surface area contributed by atoms with Crippen LogP contribution in [-0.2, 0) is 10.0 Å². The normalized spacial score (nSPS) is 12.7. The van der Waals surface area contributed by atoms with Crippen LogP contribution in [0.3, 0.4) is 0 Å². The lowest BCUT2D eigenvalue weighted by Gasteiger charge is -2.22. The Morgan fingerprint density at radius 2 is 1.74 bits per heavy atom. The van der Waals surface area contributed by atoms with Gasteiger partial charge in [0.25, 0.3) is 0 Å². The number of sulfonamides is 1. The molecule has 0 aromatic heterocycles. The Kier molecular flexibility index (Phi) is 4.71. The average molecular weight is 289 g/mol. The maximum absolute atomic E-state index is 13.2. The monoisotopic (exact) mass is 289 g/mol. The van der Waals surface area contributed by atoms with Crippen molar-refractivity contribution in [1.29, 1.82) is 0 Å². The molecule has 1 aromatic rings. The van der Waals surface area contributed by atoms with Gasteiger partial charge in [0.15, 0.2) is 0 Å². The number of aliphatic hydroxyl groups is 1. The van der Waals surface area contributed by atoms with E-state index in [1.807, 2.05) is 0 Å². The third kappa shape index (κ3) is 3.99. The highest BCUT2D eigenvalue weighted by atomic mass is 32.2. The first-order valence-electron chi connectivity index (χ1n) is 5.96. The van der Waals surface area contributed by atoms with Gasteiger partial charge in [-0.1, -0.05) is 13.8 Å². The zero-order chi connectivity index (χ0) is 14.8. The molecule has 0 saturated heterocycles. The van der Waals surface area contributed by atoms with E-state index in [-0.39, 0.29) is 18.0 Å². The summed E-state index contributed by atoms with van der Waals surface area (Å²) in [4.78, 5) is 0.0997. The Hall–Kier alpha value is -0.980. The van der Waals surface area contributed by atoms with E-state index in [9.17, 15) is 12.8 Å². The second kappa shape index (κ2) is 5.56. The summed E-state index contributed by atoms with van der Waals surface area (Å²) in [5.41, 5.74) is 0.188. The molecule has 0 atom stereocenters. The van der Waals surface area contributed by atoms with Crippen molar-refractivity contribution in [3.05, 3.63) is 29.1 Å². The van der Waals surface area contributed by atoms with Gasteiger partial charge in [0.05, 0.1) is 4.90 Å². The van der Waals surface area contributed by atoms with Gasteiger partial charge in [0.2, 0.25) is 10.0 Å². The van der Waals surface area contributed by atoms with E-state index in [0.717, 1.165) is 0 Å². The lowest BCUT2D eigenvalue weighted by Crippen LogP contribution is -2.36. The zero-order valence-electron chi connectivity index (χ0n) is 11.6. The summed E-state index contributed by atoms with van der Waals surface area (Å²) >= 11 is 0. The summed E-state index contributed by atoms with van der Waals surface area (Å²) in [7, 11) is -3.71. The zero-order valence-corrected chi connectivity index (χ0v) is 12.4. The standard InChI is InChI=1S/C13H20FNO3S/c1-9-5-11(14)6-10(2)12(9)19(17,18)15-7-13(3,4)8-16/h5-6,15-16H,7-8H2,1-4H3. The van der Waals surface area contributed by atoms with Crippen molar-refractivity contribution in [1.82, 2.24) is 4.72 Å². The molecule has 0 radical (unpaired) electrons. The molecule has 0 fully saturated rings. The van der Waals surface area contributed by atoms with Crippen LogP contribution in [-0.4, -0.2) is 26.7 Å². The molecule has 0 spiro atoms. The predicted molar refractivity (Wildman–Crippen MR) is 71.9 cm³/mol. The quantitative estimate of drug-likeness (QED) is 0.867. The van der Waals surface area contributed by atoms with Crippen LogP contribution < -0.4 is 4.72 Å². The fraction of sp³-hybridized carbons (Fsp3) is 0.538. The minimum absolute atomic E-state index is 0.0997. The maximum Gasteiger partial charge on any atom is 0.241 e. The fourth-order valence-electron chi connectivity index (χ4n) is 1.74.